The zero-order valence-electron chi connectivity index (χ0n) is 18.2. The lowest BCUT2D eigenvalue weighted by Crippen LogP contribution is -2.59. The van der Waals surface area contributed by atoms with Crippen LogP contribution in [0.4, 0.5) is 5.82 Å². The highest BCUT2D eigenvalue weighted by Crippen LogP contribution is 2.65. The Labute approximate surface area is 179 Å². The van der Waals surface area contributed by atoms with Gasteiger partial charge in [-0.05, 0) is 79.7 Å². The summed E-state index contributed by atoms with van der Waals surface area (Å²) in [5.74, 6) is 2.24. The van der Waals surface area contributed by atoms with Gasteiger partial charge >= 0.3 is 0 Å². The van der Waals surface area contributed by atoms with Crippen LogP contribution in [0.3, 0.4) is 0 Å². The third-order valence-corrected chi connectivity index (χ3v) is 9.21. The van der Waals surface area contributed by atoms with Gasteiger partial charge in [-0.2, -0.15) is 0 Å². The van der Waals surface area contributed by atoms with Crippen LogP contribution >= 0.6 is 0 Å². The standard InChI is InChI=1S/C25H33N3O2/c1-24-11-9-21(29)28(3)20(24)7-6-17-18(24)8-10-25(2)19(17)14-16(22(25)30)13-15-5-4-12-27-23(15)26/h4-5,9,11-13,17-20,22,30H,6-8,10,14H2,1-3H3,(H2,26,27)/t17-,18+,19+,20-,22+,24-,25+/m1/s1. The fraction of sp³-hybridized carbons (Fsp3) is 0.600. The summed E-state index contributed by atoms with van der Waals surface area (Å²) >= 11 is 0. The molecule has 7 atom stereocenters. The molecular formula is C25H33N3O2. The normalized spacial score (nSPS) is 44.0. The minimum Gasteiger partial charge on any atom is -0.388 e. The highest BCUT2D eigenvalue weighted by Gasteiger charge is 2.61. The van der Waals surface area contributed by atoms with Gasteiger partial charge in [-0.15, -0.1) is 0 Å². The number of aromatic nitrogens is 1. The van der Waals surface area contributed by atoms with Crippen molar-refractivity contribution in [3.8, 4) is 0 Å². The smallest absolute Gasteiger partial charge is 0.246 e. The molecule has 4 aliphatic rings. The average molecular weight is 408 g/mol. The lowest BCUT2D eigenvalue weighted by atomic mass is 9.48. The number of carbonyl (C=O) groups excluding carboxylic acids is 1. The summed E-state index contributed by atoms with van der Waals surface area (Å²) in [5.41, 5.74) is 8.00. The molecule has 2 heterocycles. The molecule has 1 aliphatic heterocycles. The van der Waals surface area contributed by atoms with Gasteiger partial charge in [-0.1, -0.05) is 19.9 Å². The molecule has 0 aromatic carbocycles. The molecule has 5 heteroatoms. The van der Waals surface area contributed by atoms with Gasteiger partial charge in [-0.3, -0.25) is 4.79 Å². The first kappa shape index (κ1) is 19.8. The molecule has 5 rings (SSSR count). The fourth-order valence-corrected chi connectivity index (χ4v) is 7.49. The fourth-order valence-electron chi connectivity index (χ4n) is 7.49. The molecule has 0 saturated heterocycles. The van der Waals surface area contributed by atoms with E-state index in [1.165, 1.54) is 0 Å². The second-order valence-electron chi connectivity index (χ2n) is 10.5. The van der Waals surface area contributed by atoms with E-state index in [0.717, 1.165) is 43.2 Å². The van der Waals surface area contributed by atoms with Crippen molar-refractivity contribution in [3.63, 3.8) is 0 Å². The Morgan fingerprint density at radius 1 is 1.27 bits per heavy atom. The summed E-state index contributed by atoms with van der Waals surface area (Å²) in [4.78, 5) is 18.4. The topological polar surface area (TPSA) is 79.5 Å². The molecule has 3 saturated carbocycles. The highest BCUT2D eigenvalue weighted by atomic mass is 16.3. The predicted octanol–water partition coefficient (Wildman–Crippen LogP) is 3.66. The molecule has 5 nitrogen and oxygen atoms in total. The quantitative estimate of drug-likeness (QED) is 0.745. The van der Waals surface area contributed by atoms with Gasteiger partial charge in [0.1, 0.15) is 5.82 Å². The highest BCUT2D eigenvalue weighted by molar-refractivity contribution is 5.89. The second kappa shape index (κ2) is 6.68. The first-order valence-corrected chi connectivity index (χ1v) is 11.3. The number of hydrogen-bond acceptors (Lipinski definition) is 4. The van der Waals surface area contributed by atoms with E-state index in [-0.39, 0.29) is 22.8 Å². The number of aliphatic hydroxyl groups is 1. The van der Waals surface area contributed by atoms with Crippen molar-refractivity contribution in [1.29, 1.82) is 0 Å². The maximum Gasteiger partial charge on any atom is 0.246 e. The molecule has 0 spiro atoms. The van der Waals surface area contributed by atoms with Crippen LogP contribution in [-0.2, 0) is 4.79 Å². The van der Waals surface area contributed by atoms with E-state index in [1.807, 2.05) is 24.1 Å². The number of likely N-dealkylation sites (N-methyl/N-ethyl adjacent to an activating group) is 1. The third-order valence-electron chi connectivity index (χ3n) is 9.21. The number of pyridine rings is 1. The monoisotopic (exact) mass is 407 g/mol. The Kier molecular flexibility index (Phi) is 4.41. The van der Waals surface area contributed by atoms with E-state index in [2.05, 4.69) is 31.0 Å². The van der Waals surface area contributed by atoms with Crippen LogP contribution in [0.15, 0.2) is 36.1 Å². The van der Waals surface area contributed by atoms with Crippen LogP contribution in [0.5, 0.6) is 0 Å². The molecule has 30 heavy (non-hydrogen) atoms. The van der Waals surface area contributed by atoms with E-state index in [0.29, 0.717) is 23.6 Å². The largest absolute Gasteiger partial charge is 0.388 e. The van der Waals surface area contributed by atoms with Crippen molar-refractivity contribution in [3.05, 3.63) is 41.6 Å². The molecule has 1 aromatic heterocycles. The van der Waals surface area contributed by atoms with Crippen molar-refractivity contribution < 1.29 is 9.90 Å². The lowest BCUT2D eigenvalue weighted by Gasteiger charge is -2.59. The Morgan fingerprint density at radius 2 is 2.07 bits per heavy atom. The molecule has 0 radical (unpaired) electrons. The Morgan fingerprint density at radius 3 is 2.83 bits per heavy atom. The molecule has 0 unspecified atom stereocenters. The van der Waals surface area contributed by atoms with Crippen LogP contribution in [0.1, 0.15) is 51.5 Å². The van der Waals surface area contributed by atoms with Crippen LogP contribution < -0.4 is 5.73 Å². The number of fused-ring (bicyclic) bond motifs is 5. The SMILES string of the molecule is CN1C(=O)C=C[C@]2(C)[C@H]3CC[C@]4(C)[C@@H](O)C(=Cc5cccnc5N)C[C@H]4[C@@H]3CC[C@@H]12. The van der Waals surface area contributed by atoms with E-state index < -0.39 is 6.10 Å². The third kappa shape index (κ3) is 2.64. The maximum atomic E-state index is 12.3. The first-order chi connectivity index (χ1) is 14.3. The Hall–Kier alpha value is -2.14. The van der Waals surface area contributed by atoms with E-state index in [4.69, 9.17) is 5.73 Å². The molecule has 3 aliphatic carbocycles. The van der Waals surface area contributed by atoms with Gasteiger partial charge in [0.25, 0.3) is 0 Å². The number of rotatable bonds is 1. The van der Waals surface area contributed by atoms with Crippen molar-refractivity contribution in [2.75, 3.05) is 12.8 Å². The van der Waals surface area contributed by atoms with Crippen LogP contribution in [0.2, 0.25) is 0 Å². The Bertz CT molecular complexity index is 940. The predicted molar refractivity (Wildman–Crippen MR) is 118 cm³/mol. The first-order valence-electron chi connectivity index (χ1n) is 11.3. The van der Waals surface area contributed by atoms with E-state index in [9.17, 15) is 9.90 Å². The summed E-state index contributed by atoms with van der Waals surface area (Å²) in [6.45, 7) is 4.64. The van der Waals surface area contributed by atoms with Gasteiger partial charge in [-0.25, -0.2) is 4.98 Å². The molecule has 3 fully saturated rings. The summed E-state index contributed by atoms with van der Waals surface area (Å²) in [6, 6.07) is 4.16. The number of aliphatic hydroxyl groups excluding tert-OH is 1. The van der Waals surface area contributed by atoms with Gasteiger partial charge in [0.15, 0.2) is 0 Å². The zero-order chi connectivity index (χ0) is 21.3. The van der Waals surface area contributed by atoms with Crippen LogP contribution in [0.25, 0.3) is 6.08 Å². The Balaban J connectivity index is 1.49. The summed E-state index contributed by atoms with van der Waals surface area (Å²) in [6.07, 6.45) is 12.6. The van der Waals surface area contributed by atoms with Gasteiger partial charge in [0.05, 0.1) is 6.10 Å². The summed E-state index contributed by atoms with van der Waals surface area (Å²) < 4.78 is 0. The van der Waals surface area contributed by atoms with E-state index in [1.54, 1.807) is 12.3 Å². The van der Waals surface area contributed by atoms with E-state index >= 15 is 0 Å². The maximum absolute atomic E-state index is 12.3. The number of anilines is 1. The molecule has 160 valence electrons. The molecule has 1 aromatic rings. The summed E-state index contributed by atoms with van der Waals surface area (Å²) in [7, 11) is 1.96. The van der Waals surface area contributed by atoms with Gasteiger partial charge in [0, 0.05) is 35.7 Å². The average Bonchev–Trinajstić information content (AvgIpc) is 2.98. The minimum atomic E-state index is -0.431. The van der Waals surface area contributed by atoms with Gasteiger partial charge in [0.2, 0.25) is 5.91 Å². The molecule has 3 N–H and O–H groups in total. The van der Waals surface area contributed by atoms with Crippen LogP contribution in [0, 0.1) is 28.6 Å². The summed E-state index contributed by atoms with van der Waals surface area (Å²) in [5, 5.41) is 11.4. The molecule has 1 amide bonds. The van der Waals surface area contributed by atoms with Crippen molar-refractivity contribution >= 4 is 17.8 Å². The number of amides is 1. The van der Waals surface area contributed by atoms with Crippen molar-refractivity contribution in [2.45, 2.75) is 58.1 Å². The molecule has 0 bridgehead atoms. The minimum absolute atomic E-state index is 0.0259. The van der Waals surface area contributed by atoms with Crippen LogP contribution in [-0.4, -0.2) is 40.1 Å². The van der Waals surface area contributed by atoms with Crippen molar-refractivity contribution in [1.82, 2.24) is 9.88 Å². The number of nitrogen functional groups attached to an aromatic ring is 1. The van der Waals surface area contributed by atoms with Gasteiger partial charge < -0.3 is 15.7 Å². The lowest BCUT2D eigenvalue weighted by molar-refractivity contribution is -0.140. The van der Waals surface area contributed by atoms with Crippen molar-refractivity contribution in [2.24, 2.45) is 28.6 Å². The number of nitrogens with zero attached hydrogens (tertiary/aromatic N) is 2. The second-order valence-corrected chi connectivity index (χ2v) is 10.5. The zero-order valence-corrected chi connectivity index (χ0v) is 18.2. The molecular weight excluding hydrogens is 374 g/mol. The number of carbonyl (C=O) groups is 1. The number of nitrogens with two attached hydrogens (primary N) is 1. The number of hydrogen-bond donors (Lipinski definition) is 2.